The molecule has 1 N–H and O–H groups in total. The molecule has 0 saturated carbocycles. The third-order valence-corrected chi connectivity index (χ3v) is 2.64. The van der Waals surface area contributed by atoms with E-state index in [-0.39, 0.29) is 6.03 Å². The summed E-state index contributed by atoms with van der Waals surface area (Å²) in [6, 6.07) is 1.75. The van der Waals surface area contributed by atoms with Crippen molar-refractivity contribution in [3.8, 4) is 5.06 Å². The van der Waals surface area contributed by atoms with Crippen molar-refractivity contribution in [2.75, 3.05) is 13.1 Å². The lowest BCUT2D eigenvalue weighted by atomic mass is 10.4. The molecule has 2 rings (SSSR count). The van der Waals surface area contributed by atoms with E-state index < -0.39 is 0 Å². The van der Waals surface area contributed by atoms with Gasteiger partial charge in [-0.15, -0.1) is 11.3 Å². The predicted molar refractivity (Wildman–Crippen MR) is 49.8 cm³/mol. The summed E-state index contributed by atoms with van der Waals surface area (Å²) < 4.78 is 0. The summed E-state index contributed by atoms with van der Waals surface area (Å²) in [4.78, 5) is 16.4. The summed E-state index contributed by atoms with van der Waals surface area (Å²) in [6.45, 7) is 3.26. The van der Waals surface area contributed by atoms with Crippen molar-refractivity contribution >= 4 is 17.4 Å². The van der Waals surface area contributed by atoms with Crippen LogP contribution < -0.4 is 10.2 Å². The van der Waals surface area contributed by atoms with Crippen LogP contribution >= 0.6 is 11.3 Å². The molecule has 1 fully saturated rings. The van der Waals surface area contributed by atoms with Gasteiger partial charge in [0.25, 0.3) is 0 Å². The Hall–Kier alpha value is -1.23. The minimum atomic E-state index is -0.161. The molecular weight excluding hydrogens is 188 g/mol. The van der Waals surface area contributed by atoms with Crippen LogP contribution in [0.15, 0.2) is 11.4 Å². The van der Waals surface area contributed by atoms with Gasteiger partial charge < -0.3 is 10.2 Å². The summed E-state index contributed by atoms with van der Waals surface area (Å²) in [5, 5.41) is 6.75. The van der Waals surface area contributed by atoms with E-state index in [4.69, 9.17) is 4.84 Å². The number of hydroxylamine groups is 2. The molecule has 2 amide bonds. The molecule has 0 spiro atoms. The zero-order valence-corrected chi connectivity index (χ0v) is 8.06. The van der Waals surface area contributed by atoms with Crippen LogP contribution in [0.25, 0.3) is 0 Å². The van der Waals surface area contributed by atoms with E-state index in [2.05, 4.69) is 5.32 Å². The van der Waals surface area contributed by atoms with Crippen molar-refractivity contribution in [2.45, 2.75) is 6.92 Å². The standard InChI is InChI=1S/C8H10N2O2S/c1-6-4-7(13-5-6)12-10-3-2-9-8(10)11/h4-5H,2-3H2,1H3,(H,9,11). The van der Waals surface area contributed by atoms with E-state index in [0.29, 0.717) is 13.1 Å². The number of hydrogen-bond donors (Lipinski definition) is 1. The highest BCUT2D eigenvalue weighted by molar-refractivity contribution is 7.11. The molecule has 0 bridgehead atoms. The minimum absolute atomic E-state index is 0.161. The molecule has 0 aromatic carbocycles. The first-order chi connectivity index (χ1) is 6.25. The van der Waals surface area contributed by atoms with Gasteiger partial charge in [-0.3, -0.25) is 0 Å². The summed E-state index contributed by atoms with van der Waals surface area (Å²) in [5.74, 6) is 0. The molecule has 1 saturated heterocycles. The van der Waals surface area contributed by atoms with E-state index >= 15 is 0 Å². The van der Waals surface area contributed by atoms with Gasteiger partial charge in [0.1, 0.15) is 0 Å². The molecule has 2 heterocycles. The average Bonchev–Trinajstić information content (AvgIpc) is 2.64. The van der Waals surface area contributed by atoms with Gasteiger partial charge in [-0.1, -0.05) is 0 Å². The Balaban J connectivity index is 2.01. The molecule has 0 radical (unpaired) electrons. The van der Waals surface area contributed by atoms with Gasteiger partial charge in [0.15, 0.2) is 0 Å². The molecule has 5 heteroatoms. The van der Waals surface area contributed by atoms with Crippen molar-refractivity contribution in [1.82, 2.24) is 10.4 Å². The Morgan fingerprint density at radius 1 is 1.69 bits per heavy atom. The molecule has 0 unspecified atom stereocenters. The van der Waals surface area contributed by atoms with Crippen LogP contribution in [0.5, 0.6) is 5.06 Å². The van der Waals surface area contributed by atoms with Gasteiger partial charge in [0, 0.05) is 6.54 Å². The second kappa shape index (κ2) is 3.26. The van der Waals surface area contributed by atoms with Crippen LogP contribution in [-0.4, -0.2) is 24.2 Å². The molecule has 0 aliphatic carbocycles. The quantitative estimate of drug-likeness (QED) is 0.780. The molecule has 4 nitrogen and oxygen atoms in total. The van der Waals surface area contributed by atoms with Crippen molar-refractivity contribution < 1.29 is 9.63 Å². The van der Waals surface area contributed by atoms with Crippen LogP contribution in [0.2, 0.25) is 0 Å². The van der Waals surface area contributed by atoms with E-state index in [1.165, 1.54) is 16.4 Å². The summed E-state index contributed by atoms with van der Waals surface area (Å²) in [6.07, 6.45) is 0. The fourth-order valence-corrected chi connectivity index (χ4v) is 1.86. The van der Waals surface area contributed by atoms with Gasteiger partial charge >= 0.3 is 6.03 Å². The van der Waals surface area contributed by atoms with Gasteiger partial charge in [-0.05, 0) is 23.9 Å². The maximum atomic E-state index is 11.1. The zero-order chi connectivity index (χ0) is 9.26. The maximum Gasteiger partial charge on any atom is 0.350 e. The van der Waals surface area contributed by atoms with E-state index in [0.717, 1.165) is 10.6 Å². The van der Waals surface area contributed by atoms with Crippen molar-refractivity contribution in [1.29, 1.82) is 0 Å². The van der Waals surface area contributed by atoms with Crippen LogP contribution in [0.4, 0.5) is 4.79 Å². The van der Waals surface area contributed by atoms with Crippen LogP contribution in [0, 0.1) is 6.92 Å². The number of hydrogen-bond acceptors (Lipinski definition) is 3. The number of thiophene rings is 1. The number of nitrogens with zero attached hydrogens (tertiary/aromatic N) is 1. The first kappa shape index (κ1) is 8.37. The minimum Gasteiger partial charge on any atom is -0.364 e. The van der Waals surface area contributed by atoms with E-state index in [1.807, 2.05) is 18.4 Å². The third kappa shape index (κ3) is 1.75. The highest BCUT2D eigenvalue weighted by Gasteiger charge is 2.21. The number of carbonyl (C=O) groups excluding carboxylic acids is 1. The van der Waals surface area contributed by atoms with Crippen molar-refractivity contribution in [2.24, 2.45) is 0 Å². The lowest BCUT2D eigenvalue weighted by Crippen LogP contribution is -2.30. The molecule has 1 aromatic heterocycles. The average molecular weight is 198 g/mol. The fourth-order valence-electron chi connectivity index (χ4n) is 1.10. The molecule has 1 aromatic rings. The predicted octanol–water partition coefficient (Wildman–Crippen LogP) is 1.38. The molecule has 1 aliphatic rings. The highest BCUT2D eigenvalue weighted by atomic mass is 32.1. The van der Waals surface area contributed by atoms with Gasteiger partial charge in [0.05, 0.1) is 6.54 Å². The third-order valence-electron chi connectivity index (χ3n) is 1.72. The van der Waals surface area contributed by atoms with Crippen molar-refractivity contribution in [3.05, 3.63) is 17.0 Å². The number of urea groups is 1. The number of carbonyl (C=O) groups is 1. The summed E-state index contributed by atoms with van der Waals surface area (Å²) in [7, 11) is 0. The van der Waals surface area contributed by atoms with Gasteiger partial charge in [0.2, 0.25) is 5.06 Å². The summed E-state index contributed by atoms with van der Waals surface area (Å²) in [5.41, 5.74) is 1.15. The number of rotatable bonds is 2. The van der Waals surface area contributed by atoms with Crippen LogP contribution in [0.3, 0.4) is 0 Å². The maximum absolute atomic E-state index is 11.1. The first-order valence-corrected chi connectivity index (χ1v) is 4.92. The molecular formula is C8H10N2O2S. The van der Waals surface area contributed by atoms with Crippen molar-refractivity contribution in [3.63, 3.8) is 0 Å². The number of amides is 2. The highest BCUT2D eigenvalue weighted by Crippen LogP contribution is 2.23. The Kier molecular flexibility index (Phi) is 2.10. The number of aryl methyl sites for hydroxylation is 1. The summed E-state index contributed by atoms with van der Waals surface area (Å²) >= 11 is 1.49. The van der Waals surface area contributed by atoms with E-state index in [9.17, 15) is 4.79 Å². The van der Waals surface area contributed by atoms with Crippen LogP contribution in [-0.2, 0) is 0 Å². The lowest BCUT2D eigenvalue weighted by Gasteiger charge is -2.12. The smallest absolute Gasteiger partial charge is 0.350 e. The Morgan fingerprint density at radius 3 is 3.08 bits per heavy atom. The topological polar surface area (TPSA) is 41.6 Å². The molecule has 0 atom stereocenters. The van der Waals surface area contributed by atoms with Gasteiger partial charge in [-0.2, -0.15) is 5.06 Å². The Bertz CT molecular complexity index is 324. The Labute approximate surface area is 80.1 Å². The normalized spacial score (nSPS) is 16.1. The largest absolute Gasteiger partial charge is 0.364 e. The number of nitrogens with one attached hydrogen (secondary N) is 1. The second-order valence-electron chi connectivity index (χ2n) is 2.87. The van der Waals surface area contributed by atoms with Gasteiger partial charge in [-0.25, -0.2) is 4.79 Å². The van der Waals surface area contributed by atoms with E-state index in [1.54, 1.807) is 0 Å². The SMILES string of the molecule is Cc1csc(ON2CCNC2=O)c1. The monoisotopic (exact) mass is 198 g/mol. The first-order valence-electron chi connectivity index (χ1n) is 4.04. The second-order valence-corrected chi connectivity index (χ2v) is 3.74. The van der Waals surface area contributed by atoms with Crippen LogP contribution in [0.1, 0.15) is 5.56 Å². The molecule has 1 aliphatic heterocycles. The fraction of sp³-hybridized carbons (Fsp3) is 0.375. The lowest BCUT2D eigenvalue weighted by molar-refractivity contribution is 0.0113. The zero-order valence-electron chi connectivity index (χ0n) is 7.24. The molecule has 70 valence electrons. The Morgan fingerprint density at radius 2 is 2.54 bits per heavy atom. The molecule has 13 heavy (non-hydrogen) atoms.